The van der Waals surface area contributed by atoms with Gasteiger partial charge in [0.05, 0.1) is 6.04 Å². The molecular formula is C7H10N2. The molecule has 0 aromatic carbocycles. The molecule has 1 aliphatic carbocycles. The summed E-state index contributed by atoms with van der Waals surface area (Å²) in [6.07, 6.45) is 3.71. The van der Waals surface area contributed by atoms with Crippen LogP contribution in [0.2, 0.25) is 0 Å². The van der Waals surface area contributed by atoms with Gasteiger partial charge in [-0.2, -0.15) is 0 Å². The van der Waals surface area contributed by atoms with Crippen LogP contribution in [0.15, 0.2) is 9.98 Å². The normalized spacial score (nSPS) is 31.9. The van der Waals surface area contributed by atoms with Gasteiger partial charge in [-0.15, -0.1) is 0 Å². The lowest BCUT2D eigenvalue weighted by atomic mass is 10.2. The molecule has 0 spiro atoms. The molecule has 1 aliphatic heterocycles. The molecule has 0 N–H and O–H groups in total. The van der Waals surface area contributed by atoms with Gasteiger partial charge in [-0.1, -0.05) is 0 Å². The van der Waals surface area contributed by atoms with Crippen LogP contribution in [-0.4, -0.2) is 17.6 Å². The lowest BCUT2D eigenvalue weighted by Crippen LogP contribution is -2.04. The number of hydrogen-bond donors (Lipinski definition) is 0. The summed E-state index contributed by atoms with van der Waals surface area (Å²) in [5.41, 5.74) is 1.33. The van der Waals surface area contributed by atoms with Crippen LogP contribution in [0.4, 0.5) is 0 Å². The van der Waals surface area contributed by atoms with Gasteiger partial charge in [-0.3, -0.25) is 4.99 Å². The van der Waals surface area contributed by atoms with Crippen molar-refractivity contribution in [1.29, 1.82) is 0 Å². The standard InChI is InChI=1S/C7H10N2/c1-5-8-6-3-2-4-7(6)9-5/h6H,2-4H2,1H3. The molecule has 0 aromatic rings. The minimum Gasteiger partial charge on any atom is -0.261 e. The third-order valence-corrected chi connectivity index (χ3v) is 1.94. The summed E-state index contributed by atoms with van der Waals surface area (Å²) in [5.74, 6) is 0.981. The van der Waals surface area contributed by atoms with E-state index in [-0.39, 0.29) is 0 Å². The number of rotatable bonds is 0. The van der Waals surface area contributed by atoms with E-state index in [2.05, 4.69) is 9.98 Å². The topological polar surface area (TPSA) is 24.7 Å². The Bertz CT molecular complexity index is 191. The zero-order valence-electron chi connectivity index (χ0n) is 5.59. The predicted molar refractivity (Wildman–Crippen MR) is 38.2 cm³/mol. The van der Waals surface area contributed by atoms with Crippen molar-refractivity contribution < 1.29 is 0 Å². The molecule has 1 unspecified atom stereocenters. The van der Waals surface area contributed by atoms with Gasteiger partial charge < -0.3 is 0 Å². The van der Waals surface area contributed by atoms with E-state index in [9.17, 15) is 0 Å². The summed E-state index contributed by atoms with van der Waals surface area (Å²) in [6.45, 7) is 1.98. The molecule has 2 rings (SSSR count). The maximum absolute atomic E-state index is 4.36. The Kier molecular flexibility index (Phi) is 0.949. The highest BCUT2D eigenvalue weighted by molar-refractivity contribution is 6.06. The minimum atomic E-state index is 0.491. The van der Waals surface area contributed by atoms with Gasteiger partial charge in [0, 0.05) is 5.71 Å². The Morgan fingerprint density at radius 3 is 3.22 bits per heavy atom. The lowest BCUT2D eigenvalue weighted by molar-refractivity contribution is 0.795. The summed E-state index contributed by atoms with van der Waals surface area (Å²) in [7, 11) is 0. The second kappa shape index (κ2) is 1.66. The third-order valence-electron chi connectivity index (χ3n) is 1.94. The fourth-order valence-corrected chi connectivity index (χ4v) is 1.54. The minimum absolute atomic E-state index is 0.491. The summed E-state index contributed by atoms with van der Waals surface area (Å²) in [6, 6.07) is 0.491. The van der Waals surface area contributed by atoms with E-state index in [0.717, 1.165) is 5.84 Å². The highest BCUT2D eigenvalue weighted by Gasteiger charge is 2.25. The van der Waals surface area contributed by atoms with Crippen molar-refractivity contribution in [2.45, 2.75) is 32.2 Å². The summed E-state index contributed by atoms with van der Waals surface area (Å²) < 4.78 is 0. The number of aliphatic imine (C=N–C) groups is 2. The van der Waals surface area contributed by atoms with Crippen LogP contribution in [0, 0.1) is 0 Å². The Morgan fingerprint density at radius 2 is 2.44 bits per heavy atom. The van der Waals surface area contributed by atoms with Gasteiger partial charge in [-0.25, -0.2) is 4.99 Å². The van der Waals surface area contributed by atoms with Crippen LogP contribution < -0.4 is 0 Å². The Morgan fingerprint density at radius 1 is 1.56 bits per heavy atom. The van der Waals surface area contributed by atoms with Gasteiger partial charge in [0.2, 0.25) is 0 Å². The zero-order valence-corrected chi connectivity index (χ0v) is 5.59. The van der Waals surface area contributed by atoms with E-state index in [4.69, 9.17) is 0 Å². The molecule has 0 bridgehead atoms. The summed E-state index contributed by atoms with van der Waals surface area (Å²) >= 11 is 0. The van der Waals surface area contributed by atoms with E-state index in [1.54, 1.807) is 0 Å². The van der Waals surface area contributed by atoms with Crippen LogP contribution >= 0.6 is 0 Å². The highest BCUT2D eigenvalue weighted by Crippen LogP contribution is 2.23. The van der Waals surface area contributed by atoms with Crippen LogP contribution in [0.5, 0.6) is 0 Å². The molecule has 2 heteroatoms. The van der Waals surface area contributed by atoms with Crippen molar-refractivity contribution in [3.8, 4) is 0 Å². The quantitative estimate of drug-likeness (QED) is 0.464. The van der Waals surface area contributed by atoms with Gasteiger partial charge >= 0.3 is 0 Å². The monoisotopic (exact) mass is 122 g/mol. The summed E-state index contributed by atoms with van der Waals surface area (Å²) in [5, 5.41) is 0. The van der Waals surface area contributed by atoms with E-state index in [1.165, 1.54) is 25.0 Å². The van der Waals surface area contributed by atoms with Gasteiger partial charge in [0.25, 0.3) is 0 Å². The molecule has 0 aromatic heterocycles. The first-order valence-electron chi connectivity index (χ1n) is 3.48. The molecule has 2 nitrogen and oxygen atoms in total. The SMILES string of the molecule is CC1=NC2CCCC2=N1. The van der Waals surface area contributed by atoms with Gasteiger partial charge in [0.1, 0.15) is 5.84 Å². The maximum atomic E-state index is 4.36. The van der Waals surface area contributed by atoms with Crippen LogP contribution in [0.25, 0.3) is 0 Å². The first-order chi connectivity index (χ1) is 4.36. The van der Waals surface area contributed by atoms with Crippen molar-refractivity contribution in [3.63, 3.8) is 0 Å². The average molecular weight is 122 g/mol. The van der Waals surface area contributed by atoms with Crippen LogP contribution in [0.1, 0.15) is 26.2 Å². The largest absolute Gasteiger partial charge is 0.261 e. The Labute approximate surface area is 54.7 Å². The van der Waals surface area contributed by atoms with Crippen molar-refractivity contribution >= 4 is 11.5 Å². The highest BCUT2D eigenvalue weighted by atomic mass is 15.0. The zero-order chi connectivity index (χ0) is 6.27. The molecule has 0 amide bonds. The second-order valence-corrected chi connectivity index (χ2v) is 2.69. The maximum Gasteiger partial charge on any atom is 0.120 e. The number of hydrogen-bond acceptors (Lipinski definition) is 2. The van der Waals surface area contributed by atoms with Gasteiger partial charge in [0.15, 0.2) is 0 Å². The molecule has 9 heavy (non-hydrogen) atoms. The average Bonchev–Trinajstić information content (AvgIpc) is 2.22. The first kappa shape index (κ1) is 5.15. The molecular weight excluding hydrogens is 112 g/mol. The fraction of sp³-hybridized carbons (Fsp3) is 0.714. The smallest absolute Gasteiger partial charge is 0.120 e. The number of fused-ring (bicyclic) bond motifs is 1. The van der Waals surface area contributed by atoms with Crippen LogP contribution in [0.3, 0.4) is 0 Å². The fourth-order valence-electron chi connectivity index (χ4n) is 1.54. The predicted octanol–water partition coefficient (Wildman–Crippen LogP) is 1.41. The molecule has 1 atom stereocenters. The Balaban J connectivity index is 2.29. The van der Waals surface area contributed by atoms with E-state index < -0.39 is 0 Å². The second-order valence-electron chi connectivity index (χ2n) is 2.69. The molecule has 1 fully saturated rings. The third kappa shape index (κ3) is 0.696. The first-order valence-corrected chi connectivity index (χ1v) is 3.48. The van der Waals surface area contributed by atoms with E-state index >= 15 is 0 Å². The van der Waals surface area contributed by atoms with E-state index in [0.29, 0.717) is 6.04 Å². The van der Waals surface area contributed by atoms with Crippen molar-refractivity contribution in [2.24, 2.45) is 9.98 Å². The molecule has 1 saturated carbocycles. The van der Waals surface area contributed by atoms with Gasteiger partial charge in [-0.05, 0) is 26.2 Å². The molecule has 48 valence electrons. The molecule has 0 saturated heterocycles. The lowest BCUT2D eigenvalue weighted by Gasteiger charge is -1.93. The van der Waals surface area contributed by atoms with Crippen molar-refractivity contribution in [1.82, 2.24) is 0 Å². The summed E-state index contributed by atoms with van der Waals surface area (Å²) in [4.78, 5) is 8.68. The van der Waals surface area contributed by atoms with E-state index in [1.807, 2.05) is 6.92 Å². The number of amidine groups is 1. The van der Waals surface area contributed by atoms with Crippen molar-refractivity contribution in [2.75, 3.05) is 0 Å². The molecule has 0 radical (unpaired) electrons. The van der Waals surface area contributed by atoms with Crippen LogP contribution in [-0.2, 0) is 0 Å². The molecule has 1 heterocycles. The number of nitrogens with zero attached hydrogens (tertiary/aromatic N) is 2. The Hall–Kier alpha value is -0.660. The molecule has 2 aliphatic rings. The van der Waals surface area contributed by atoms with Crippen molar-refractivity contribution in [3.05, 3.63) is 0 Å².